The summed E-state index contributed by atoms with van der Waals surface area (Å²) in [6, 6.07) is 4.56. The highest BCUT2D eigenvalue weighted by Crippen LogP contribution is 2.24. The highest BCUT2D eigenvalue weighted by atomic mass is 19.3. The van der Waals surface area contributed by atoms with E-state index in [2.05, 4.69) is 10.6 Å². The molecule has 1 saturated carbocycles. The average Bonchev–Trinajstić information content (AvgIpc) is 2.53. The van der Waals surface area contributed by atoms with Gasteiger partial charge in [-0.25, -0.2) is 13.6 Å². The van der Waals surface area contributed by atoms with Crippen LogP contribution in [0.15, 0.2) is 18.2 Å². The van der Waals surface area contributed by atoms with Crippen LogP contribution in [0.5, 0.6) is 5.75 Å². The molecular formula is C17H24F2N2O3. The maximum Gasteiger partial charge on any atom is 0.319 e. The number of ether oxygens (including phenoxy) is 1. The van der Waals surface area contributed by atoms with Gasteiger partial charge in [0.1, 0.15) is 12.4 Å². The number of aryl methyl sites for hydroxylation is 1. The van der Waals surface area contributed by atoms with E-state index in [1.807, 2.05) is 0 Å². The zero-order valence-corrected chi connectivity index (χ0v) is 13.7. The van der Waals surface area contributed by atoms with Crippen molar-refractivity contribution in [3.8, 4) is 5.75 Å². The highest BCUT2D eigenvalue weighted by Gasteiger charge is 2.20. The average molecular weight is 342 g/mol. The van der Waals surface area contributed by atoms with Gasteiger partial charge in [-0.3, -0.25) is 0 Å². The SMILES string of the molecule is Cc1ccc(NC(=O)NCC2CCCC(O)C2)cc1OCC(F)F. The van der Waals surface area contributed by atoms with Crippen LogP contribution >= 0.6 is 0 Å². The van der Waals surface area contributed by atoms with E-state index in [0.717, 1.165) is 24.8 Å². The Morgan fingerprint density at radius 2 is 2.21 bits per heavy atom. The van der Waals surface area contributed by atoms with Crippen LogP contribution < -0.4 is 15.4 Å². The van der Waals surface area contributed by atoms with Gasteiger partial charge in [0, 0.05) is 18.3 Å². The first-order chi connectivity index (χ1) is 11.4. The number of alkyl halides is 2. The Kier molecular flexibility index (Phi) is 6.78. The molecule has 5 nitrogen and oxygen atoms in total. The Bertz CT molecular complexity index is 555. The third-order valence-corrected chi connectivity index (χ3v) is 4.12. The Labute approximate surface area is 140 Å². The number of rotatable bonds is 6. The van der Waals surface area contributed by atoms with E-state index in [-0.39, 0.29) is 18.1 Å². The zero-order chi connectivity index (χ0) is 17.5. The number of anilines is 1. The maximum absolute atomic E-state index is 12.2. The summed E-state index contributed by atoms with van der Waals surface area (Å²) in [5.41, 5.74) is 1.20. The van der Waals surface area contributed by atoms with Crippen LogP contribution in [0.1, 0.15) is 31.2 Å². The molecule has 7 heteroatoms. The summed E-state index contributed by atoms with van der Waals surface area (Å²) in [4.78, 5) is 12.0. The van der Waals surface area contributed by atoms with Crippen LogP contribution in [0.4, 0.5) is 19.3 Å². The quantitative estimate of drug-likeness (QED) is 0.743. The molecule has 0 radical (unpaired) electrons. The van der Waals surface area contributed by atoms with Gasteiger partial charge in [0.05, 0.1) is 6.10 Å². The van der Waals surface area contributed by atoms with Crippen molar-refractivity contribution in [1.29, 1.82) is 0 Å². The number of carbonyl (C=O) groups excluding carboxylic acids is 1. The number of hydrogen-bond acceptors (Lipinski definition) is 3. The number of aliphatic hydroxyl groups is 1. The van der Waals surface area contributed by atoms with Crippen molar-refractivity contribution < 1.29 is 23.4 Å². The van der Waals surface area contributed by atoms with Gasteiger partial charge < -0.3 is 20.5 Å². The van der Waals surface area contributed by atoms with E-state index in [0.29, 0.717) is 24.4 Å². The smallest absolute Gasteiger partial charge is 0.319 e. The van der Waals surface area contributed by atoms with Crippen LogP contribution in [-0.2, 0) is 0 Å². The lowest BCUT2D eigenvalue weighted by Crippen LogP contribution is -2.35. The molecule has 2 unspecified atom stereocenters. The van der Waals surface area contributed by atoms with Gasteiger partial charge in [-0.15, -0.1) is 0 Å². The molecule has 3 N–H and O–H groups in total. The van der Waals surface area contributed by atoms with Gasteiger partial charge in [-0.1, -0.05) is 12.5 Å². The Balaban J connectivity index is 1.83. The van der Waals surface area contributed by atoms with E-state index < -0.39 is 13.0 Å². The highest BCUT2D eigenvalue weighted by molar-refractivity contribution is 5.89. The monoisotopic (exact) mass is 342 g/mol. The fraction of sp³-hybridized carbons (Fsp3) is 0.588. The summed E-state index contributed by atoms with van der Waals surface area (Å²) in [6.45, 7) is 1.57. The lowest BCUT2D eigenvalue weighted by atomic mass is 9.87. The van der Waals surface area contributed by atoms with Crippen molar-refractivity contribution in [2.24, 2.45) is 5.92 Å². The summed E-state index contributed by atoms with van der Waals surface area (Å²) < 4.78 is 29.5. The van der Waals surface area contributed by atoms with Gasteiger partial charge >= 0.3 is 6.03 Å². The standard InChI is InChI=1S/C17H24F2N2O3/c1-11-5-6-13(8-15(11)24-10-16(18)19)21-17(23)20-9-12-3-2-4-14(22)7-12/h5-6,8,12,14,16,22H,2-4,7,9-10H2,1H3,(H2,20,21,23). The number of nitrogens with one attached hydrogen (secondary N) is 2. The van der Waals surface area contributed by atoms with Gasteiger partial charge in [0.25, 0.3) is 6.43 Å². The summed E-state index contributed by atoms with van der Waals surface area (Å²) in [5, 5.41) is 15.1. The van der Waals surface area contributed by atoms with Crippen molar-refractivity contribution in [2.75, 3.05) is 18.5 Å². The molecule has 0 spiro atoms. The topological polar surface area (TPSA) is 70.6 Å². The van der Waals surface area contributed by atoms with Gasteiger partial charge in [-0.05, 0) is 43.7 Å². The number of urea groups is 1. The second kappa shape index (κ2) is 8.82. The van der Waals surface area contributed by atoms with Crippen molar-refractivity contribution in [3.05, 3.63) is 23.8 Å². The first kappa shape index (κ1) is 18.4. The minimum atomic E-state index is -2.55. The molecule has 0 saturated heterocycles. The molecule has 1 fully saturated rings. The Hall–Kier alpha value is -1.89. The molecule has 2 rings (SSSR count). The number of aliphatic hydroxyl groups excluding tert-OH is 1. The van der Waals surface area contributed by atoms with E-state index in [4.69, 9.17) is 4.74 Å². The van der Waals surface area contributed by atoms with Crippen LogP contribution in [-0.4, -0.2) is 36.8 Å². The number of carbonyl (C=O) groups is 1. The van der Waals surface area contributed by atoms with Crippen LogP contribution in [0.2, 0.25) is 0 Å². The lowest BCUT2D eigenvalue weighted by molar-refractivity contribution is 0.0816. The van der Waals surface area contributed by atoms with Gasteiger partial charge in [0.2, 0.25) is 0 Å². The van der Waals surface area contributed by atoms with E-state index in [1.54, 1.807) is 19.1 Å². The van der Waals surface area contributed by atoms with E-state index >= 15 is 0 Å². The molecule has 134 valence electrons. The fourth-order valence-electron chi connectivity index (χ4n) is 2.85. The van der Waals surface area contributed by atoms with Crippen molar-refractivity contribution >= 4 is 11.7 Å². The van der Waals surface area contributed by atoms with E-state index in [9.17, 15) is 18.7 Å². The normalized spacial score (nSPS) is 20.7. The van der Waals surface area contributed by atoms with E-state index in [1.165, 1.54) is 6.07 Å². The molecule has 1 aliphatic rings. The molecule has 0 aromatic heterocycles. The van der Waals surface area contributed by atoms with Crippen molar-refractivity contribution in [1.82, 2.24) is 5.32 Å². The summed E-state index contributed by atoms with van der Waals surface area (Å²) >= 11 is 0. The van der Waals surface area contributed by atoms with Crippen LogP contribution in [0.25, 0.3) is 0 Å². The maximum atomic E-state index is 12.2. The fourth-order valence-corrected chi connectivity index (χ4v) is 2.85. The Morgan fingerprint density at radius 3 is 2.92 bits per heavy atom. The predicted octanol–water partition coefficient (Wildman–Crippen LogP) is 3.31. The third kappa shape index (κ3) is 5.96. The molecule has 0 heterocycles. The molecule has 2 amide bonds. The minimum absolute atomic E-state index is 0.278. The number of benzene rings is 1. The van der Waals surface area contributed by atoms with Gasteiger partial charge in [0.15, 0.2) is 0 Å². The second-order valence-corrected chi connectivity index (χ2v) is 6.20. The second-order valence-electron chi connectivity index (χ2n) is 6.20. The summed E-state index contributed by atoms with van der Waals surface area (Å²) in [7, 11) is 0. The molecule has 24 heavy (non-hydrogen) atoms. The Morgan fingerprint density at radius 1 is 1.42 bits per heavy atom. The zero-order valence-electron chi connectivity index (χ0n) is 13.7. The lowest BCUT2D eigenvalue weighted by Gasteiger charge is -2.25. The number of amides is 2. The number of hydrogen-bond donors (Lipinski definition) is 3. The molecule has 0 aliphatic heterocycles. The largest absolute Gasteiger partial charge is 0.487 e. The molecule has 1 aromatic rings. The van der Waals surface area contributed by atoms with Crippen molar-refractivity contribution in [3.63, 3.8) is 0 Å². The van der Waals surface area contributed by atoms with Crippen LogP contribution in [0, 0.1) is 12.8 Å². The predicted molar refractivity (Wildman–Crippen MR) is 87.7 cm³/mol. The van der Waals surface area contributed by atoms with Crippen molar-refractivity contribution in [2.45, 2.75) is 45.1 Å². The molecule has 2 atom stereocenters. The molecule has 1 aromatic carbocycles. The molecule has 0 bridgehead atoms. The van der Waals surface area contributed by atoms with Crippen LogP contribution in [0.3, 0.4) is 0 Å². The van der Waals surface area contributed by atoms with Gasteiger partial charge in [-0.2, -0.15) is 0 Å². The molecular weight excluding hydrogens is 318 g/mol. The number of halogens is 2. The third-order valence-electron chi connectivity index (χ3n) is 4.12. The molecule has 1 aliphatic carbocycles. The summed E-state index contributed by atoms with van der Waals surface area (Å²) in [6.07, 6.45) is 0.672. The first-order valence-electron chi connectivity index (χ1n) is 8.18. The summed E-state index contributed by atoms with van der Waals surface area (Å²) in [5.74, 6) is 0.603. The minimum Gasteiger partial charge on any atom is -0.487 e. The first-order valence-corrected chi connectivity index (χ1v) is 8.18.